The molecule has 0 aliphatic rings. The van der Waals surface area contributed by atoms with Crippen molar-refractivity contribution in [1.29, 1.82) is 0 Å². The molecule has 1 heterocycles. The Balaban J connectivity index is 2.82. The van der Waals surface area contributed by atoms with E-state index >= 15 is 0 Å². The van der Waals surface area contributed by atoms with Gasteiger partial charge in [0.1, 0.15) is 11.6 Å². The molecular formula is C12H21N3OS. The normalized spacial score (nSPS) is 11.9. The van der Waals surface area contributed by atoms with Gasteiger partial charge in [-0.05, 0) is 20.1 Å². The molecule has 0 bridgehead atoms. The second-order valence-corrected chi connectivity index (χ2v) is 6.50. The molecule has 1 aromatic heterocycles. The van der Waals surface area contributed by atoms with Gasteiger partial charge in [0.15, 0.2) is 0 Å². The minimum absolute atomic E-state index is 0.104. The molecule has 1 rings (SSSR count). The molecule has 0 saturated heterocycles. The summed E-state index contributed by atoms with van der Waals surface area (Å²) >= 11 is 1.78. The van der Waals surface area contributed by atoms with Crippen LogP contribution < -0.4 is 10.9 Å². The summed E-state index contributed by atoms with van der Waals surface area (Å²) in [5, 5.41) is 3.22. The van der Waals surface area contributed by atoms with Gasteiger partial charge in [-0.25, -0.2) is 4.98 Å². The van der Waals surface area contributed by atoms with Crippen molar-refractivity contribution in [3.8, 4) is 0 Å². The number of anilines is 1. The number of H-pyrrole nitrogens is 1. The highest BCUT2D eigenvalue weighted by Crippen LogP contribution is 2.21. The maximum atomic E-state index is 11.5. The number of hydrogen-bond donors (Lipinski definition) is 2. The molecule has 0 fully saturated rings. The number of hydrogen-bond acceptors (Lipinski definition) is 4. The zero-order valence-corrected chi connectivity index (χ0v) is 11.9. The lowest BCUT2D eigenvalue weighted by atomic mass is 10.2. The summed E-state index contributed by atoms with van der Waals surface area (Å²) in [7, 11) is 0. The Morgan fingerprint density at radius 1 is 1.53 bits per heavy atom. The summed E-state index contributed by atoms with van der Waals surface area (Å²) in [6.07, 6.45) is 2.08. The van der Waals surface area contributed by atoms with Gasteiger partial charge in [0.25, 0.3) is 5.56 Å². The first-order valence-corrected chi connectivity index (χ1v) is 6.97. The van der Waals surface area contributed by atoms with Crippen LogP contribution in [0.4, 0.5) is 5.82 Å². The minimum Gasteiger partial charge on any atom is -0.368 e. The van der Waals surface area contributed by atoms with Crippen LogP contribution in [0, 0.1) is 0 Å². The lowest BCUT2D eigenvalue weighted by molar-refractivity contribution is 0.738. The Labute approximate surface area is 107 Å². The van der Waals surface area contributed by atoms with Crippen LogP contribution in [0.5, 0.6) is 0 Å². The first-order valence-electron chi connectivity index (χ1n) is 5.74. The summed E-state index contributed by atoms with van der Waals surface area (Å²) in [5.41, 5.74) is -0.104. The van der Waals surface area contributed by atoms with Crippen molar-refractivity contribution in [2.75, 3.05) is 18.1 Å². The molecule has 0 unspecified atom stereocenters. The van der Waals surface area contributed by atoms with Crippen molar-refractivity contribution in [2.24, 2.45) is 0 Å². The van der Waals surface area contributed by atoms with Gasteiger partial charge < -0.3 is 10.3 Å². The molecule has 0 spiro atoms. The molecule has 4 nitrogen and oxygen atoms in total. The van der Waals surface area contributed by atoms with E-state index in [1.807, 2.05) is 13.8 Å². The predicted molar refractivity (Wildman–Crippen MR) is 75.0 cm³/mol. The quantitative estimate of drug-likeness (QED) is 0.848. The number of aromatic amines is 1. The maximum absolute atomic E-state index is 11.5. The maximum Gasteiger partial charge on any atom is 0.252 e. The van der Waals surface area contributed by atoms with Crippen molar-refractivity contribution in [2.45, 2.75) is 38.4 Å². The van der Waals surface area contributed by atoms with Gasteiger partial charge in [-0.1, -0.05) is 13.8 Å². The number of aromatic nitrogens is 2. The topological polar surface area (TPSA) is 57.8 Å². The molecule has 5 heteroatoms. The van der Waals surface area contributed by atoms with Crippen LogP contribution in [-0.2, 0) is 0 Å². The highest BCUT2D eigenvalue weighted by atomic mass is 32.2. The van der Waals surface area contributed by atoms with Crippen LogP contribution in [-0.4, -0.2) is 27.5 Å². The predicted octanol–water partition coefficient (Wildman–Crippen LogP) is 2.45. The minimum atomic E-state index is -0.104. The molecule has 0 aliphatic heterocycles. The van der Waals surface area contributed by atoms with Crippen LogP contribution in [0.2, 0.25) is 0 Å². The zero-order chi connectivity index (χ0) is 13.1. The summed E-state index contributed by atoms with van der Waals surface area (Å²) in [6, 6.07) is 1.50. The van der Waals surface area contributed by atoms with Crippen molar-refractivity contribution in [3.05, 3.63) is 22.2 Å². The highest BCUT2D eigenvalue weighted by molar-refractivity contribution is 7.99. The zero-order valence-electron chi connectivity index (χ0n) is 11.1. The molecule has 0 saturated carbocycles. The summed E-state index contributed by atoms with van der Waals surface area (Å²) in [6.45, 7) is 9.10. The third-order valence-electron chi connectivity index (χ3n) is 2.55. The van der Waals surface area contributed by atoms with E-state index in [1.54, 1.807) is 11.8 Å². The van der Waals surface area contributed by atoms with Crippen molar-refractivity contribution in [1.82, 2.24) is 9.97 Å². The molecule has 0 atom stereocenters. The number of nitrogens with one attached hydrogen (secondary N) is 2. The molecule has 96 valence electrons. The van der Waals surface area contributed by atoms with E-state index in [9.17, 15) is 4.79 Å². The average molecular weight is 255 g/mol. The van der Waals surface area contributed by atoms with Gasteiger partial charge in [-0.15, -0.1) is 0 Å². The van der Waals surface area contributed by atoms with Gasteiger partial charge in [0.2, 0.25) is 0 Å². The first-order chi connectivity index (χ1) is 7.84. The fourth-order valence-electron chi connectivity index (χ4n) is 1.22. The van der Waals surface area contributed by atoms with Crippen molar-refractivity contribution < 1.29 is 0 Å². The van der Waals surface area contributed by atoms with E-state index in [4.69, 9.17) is 0 Å². The van der Waals surface area contributed by atoms with Gasteiger partial charge in [-0.2, -0.15) is 11.8 Å². The Kier molecular flexibility index (Phi) is 4.62. The lowest BCUT2D eigenvalue weighted by Gasteiger charge is -2.22. The lowest BCUT2D eigenvalue weighted by Crippen LogP contribution is -2.27. The highest BCUT2D eigenvalue weighted by Gasteiger charge is 2.16. The standard InChI is InChI=1S/C12H21N3OS/c1-8(2)11-14-9(6-10(16)15-11)13-7-12(3,4)17-5/h6,8H,7H2,1-5H3,(H2,13,14,15,16). The van der Waals surface area contributed by atoms with Crippen LogP contribution in [0.1, 0.15) is 39.4 Å². The van der Waals surface area contributed by atoms with Crippen LogP contribution >= 0.6 is 11.8 Å². The molecule has 0 aromatic carbocycles. The van der Waals surface area contributed by atoms with E-state index in [0.717, 1.165) is 12.4 Å². The largest absolute Gasteiger partial charge is 0.368 e. The molecule has 1 aromatic rings. The SMILES string of the molecule is CSC(C)(C)CNc1cc(=O)[nH]c(C(C)C)n1. The molecule has 0 radical (unpaired) electrons. The van der Waals surface area contributed by atoms with Gasteiger partial charge in [0.05, 0.1) is 0 Å². The fraction of sp³-hybridized carbons (Fsp3) is 0.667. The van der Waals surface area contributed by atoms with E-state index in [-0.39, 0.29) is 16.2 Å². The molecular weight excluding hydrogens is 234 g/mol. The van der Waals surface area contributed by atoms with E-state index in [1.165, 1.54) is 6.07 Å². The Hall–Kier alpha value is -0.970. The molecule has 0 aliphatic carbocycles. The third-order valence-corrected chi connectivity index (χ3v) is 3.80. The Bertz CT molecular complexity index is 426. The smallest absolute Gasteiger partial charge is 0.252 e. The second kappa shape index (κ2) is 5.58. The van der Waals surface area contributed by atoms with Crippen molar-refractivity contribution >= 4 is 17.6 Å². The number of nitrogens with zero attached hydrogens (tertiary/aromatic N) is 1. The Morgan fingerprint density at radius 2 is 2.18 bits per heavy atom. The summed E-state index contributed by atoms with van der Waals surface area (Å²) < 4.78 is 0.127. The van der Waals surface area contributed by atoms with Gasteiger partial charge in [0, 0.05) is 23.3 Å². The summed E-state index contributed by atoms with van der Waals surface area (Å²) in [5.74, 6) is 1.60. The number of thioether (sulfide) groups is 1. The van der Waals surface area contributed by atoms with Crippen LogP contribution in [0.3, 0.4) is 0 Å². The van der Waals surface area contributed by atoms with Crippen LogP contribution in [0.25, 0.3) is 0 Å². The van der Waals surface area contributed by atoms with E-state index in [2.05, 4.69) is 35.4 Å². The monoisotopic (exact) mass is 255 g/mol. The Morgan fingerprint density at radius 3 is 2.71 bits per heavy atom. The van der Waals surface area contributed by atoms with Gasteiger partial charge in [-0.3, -0.25) is 4.79 Å². The van der Waals surface area contributed by atoms with E-state index < -0.39 is 0 Å². The summed E-state index contributed by atoms with van der Waals surface area (Å²) in [4.78, 5) is 18.6. The molecule has 2 N–H and O–H groups in total. The molecule has 17 heavy (non-hydrogen) atoms. The average Bonchev–Trinajstić information content (AvgIpc) is 2.26. The van der Waals surface area contributed by atoms with Crippen LogP contribution in [0.15, 0.2) is 10.9 Å². The van der Waals surface area contributed by atoms with E-state index in [0.29, 0.717) is 5.82 Å². The first kappa shape index (κ1) is 14.1. The fourth-order valence-corrected chi connectivity index (χ4v) is 1.43. The third kappa shape index (κ3) is 4.42. The van der Waals surface area contributed by atoms with Crippen molar-refractivity contribution in [3.63, 3.8) is 0 Å². The molecule has 0 amide bonds. The number of rotatable bonds is 5. The second-order valence-electron chi connectivity index (χ2n) is 4.99. The van der Waals surface area contributed by atoms with Gasteiger partial charge >= 0.3 is 0 Å².